The van der Waals surface area contributed by atoms with E-state index in [2.05, 4.69) is 16.0 Å². The predicted octanol–water partition coefficient (Wildman–Crippen LogP) is 1.97. The molecule has 5 heteroatoms. The first-order chi connectivity index (χ1) is 10.6. The number of hydrogen-bond acceptors (Lipinski definition) is 3. The summed E-state index contributed by atoms with van der Waals surface area (Å²) in [5, 5.41) is 9.17. The molecule has 1 aliphatic carbocycles. The van der Waals surface area contributed by atoms with Crippen molar-refractivity contribution in [3.05, 3.63) is 29.3 Å². The summed E-state index contributed by atoms with van der Waals surface area (Å²) >= 11 is 0. The highest BCUT2D eigenvalue weighted by molar-refractivity contribution is 5.99. The number of benzene rings is 1. The van der Waals surface area contributed by atoms with Crippen molar-refractivity contribution >= 4 is 17.5 Å². The van der Waals surface area contributed by atoms with E-state index >= 15 is 0 Å². The first kappa shape index (κ1) is 15.0. The van der Waals surface area contributed by atoms with Gasteiger partial charge in [-0.05, 0) is 56.8 Å². The number of hydrogen-bond donors (Lipinski definition) is 3. The molecule has 1 unspecified atom stereocenters. The molecule has 1 atom stereocenters. The Kier molecular flexibility index (Phi) is 4.43. The second kappa shape index (κ2) is 6.48. The van der Waals surface area contributed by atoms with Crippen molar-refractivity contribution in [2.75, 3.05) is 11.9 Å². The third kappa shape index (κ3) is 3.65. The summed E-state index contributed by atoms with van der Waals surface area (Å²) < 4.78 is 0. The van der Waals surface area contributed by atoms with Crippen molar-refractivity contribution < 1.29 is 9.59 Å². The van der Waals surface area contributed by atoms with E-state index < -0.39 is 0 Å². The van der Waals surface area contributed by atoms with Crippen LogP contribution < -0.4 is 16.0 Å². The standard InChI is InChI=1S/C17H23N3O2/c1-11-5-6-12(16(21)19-13-7-8-13)10-15(11)20-17(22)14-4-2-3-9-18-14/h5-6,10,13-14,18H,2-4,7-9H2,1H3,(H,19,21)(H,20,22). The van der Waals surface area contributed by atoms with Crippen LogP contribution in [0, 0.1) is 6.92 Å². The molecule has 1 aliphatic heterocycles. The van der Waals surface area contributed by atoms with Crippen molar-refractivity contribution in [2.24, 2.45) is 0 Å². The van der Waals surface area contributed by atoms with Gasteiger partial charge in [-0.25, -0.2) is 0 Å². The molecule has 22 heavy (non-hydrogen) atoms. The first-order valence-corrected chi connectivity index (χ1v) is 8.09. The molecule has 3 N–H and O–H groups in total. The van der Waals surface area contributed by atoms with Crippen LogP contribution in [0.25, 0.3) is 0 Å². The molecule has 2 aliphatic rings. The van der Waals surface area contributed by atoms with Crippen LogP contribution in [-0.4, -0.2) is 30.4 Å². The van der Waals surface area contributed by atoms with Crippen molar-refractivity contribution in [1.82, 2.24) is 10.6 Å². The van der Waals surface area contributed by atoms with Crippen molar-refractivity contribution in [3.63, 3.8) is 0 Å². The van der Waals surface area contributed by atoms with Crippen LogP contribution in [0.5, 0.6) is 0 Å². The van der Waals surface area contributed by atoms with Gasteiger partial charge in [0.05, 0.1) is 6.04 Å². The Bertz CT molecular complexity index is 575. The molecule has 1 saturated heterocycles. The van der Waals surface area contributed by atoms with Crippen LogP contribution in [0.15, 0.2) is 18.2 Å². The van der Waals surface area contributed by atoms with Gasteiger partial charge in [-0.2, -0.15) is 0 Å². The Morgan fingerprint density at radius 3 is 2.68 bits per heavy atom. The maximum Gasteiger partial charge on any atom is 0.251 e. The highest BCUT2D eigenvalue weighted by Gasteiger charge is 2.24. The van der Waals surface area contributed by atoms with Crippen LogP contribution in [0.4, 0.5) is 5.69 Å². The van der Waals surface area contributed by atoms with E-state index in [1.165, 1.54) is 0 Å². The minimum Gasteiger partial charge on any atom is -0.349 e. The second-order valence-electron chi connectivity index (χ2n) is 6.27. The van der Waals surface area contributed by atoms with Gasteiger partial charge < -0.3 is 16.0 Å². The molecular formula is C17H23N3O2. The third-order valence-corrected chi connectivity index (χ3v) is 4.30. The number of amides is 2. The maximum atomic E-state index is 12.3. The summed E-state index contributed by atoms with van der Waals surface area (Å²) in [5.74, 6) is -0.0728. The van der Waals surface area contributed by atoms with Crippen molar-refractivity contribution in [2.45, 2.75) is 51.1 Å². The number of carbonyl (C=O) groups excluding carboxylic acids is 2. The number of rotatable bonds is 4. The number of aryl methyl sites for hydroxylation is 1. The minimum absolute atomic E-state index is 0.0115. The highest BCUT2D eigenvalue weighted by Crippen LogP contribution is 2.22. The normalized spacial score (nSPS) is 21.2. The summed E-state index contributed by atoms with van der Waals surface area (Å²) in [5.41, 5.74) is 2.29. The molecule has 0 radical (unpaired) electrons. The molecule has 1 heterocycles. The third-order valence-electron chi connectivity index (χ3n) is 4.30. The highest BCUT2D eigenvalue weighted by atomic mass is 16.2. The van der Waals surface area contributed by atoms with E-state index in [4.69, 9.17) is 0 Å². The monoisotopic (exact) mass is 301 g/mol. The fraction of sp³-hybridized carbons (Fsp3) is 0.529. The van der Waals surface area contributed by atoms with E-state index in [9.17, 15) is 9.59 Å². The van der Waals surface area contributed by atoms with Crippen molar-refractivity contribution in [3.8, 4) is 0 Å². The average Bonchev–Trinajstić information content (AvgIpc) is 3.34. The van der Waals surface area contributed by atoms with Gasteiger partial charge in [0.15, 0.2) is 0 Å². The molecular weight excluding hydrogens is 278 g/mol. The lowest BCUT2D eigenvalue weighted by Gasteiger charge is -2.23. The maximum absolute atomic E-state index is 12.3. The molecule has 118 valence electrons. The van der Waals surface area contributed by atoms with Crippen LogP contribution in [0.1, 0.15) is 48.0 Å². The number of nitrogens with one attached hydrogen (secondary N) is 3. The largest absolute Gasteiger partial charge is 0.349 e. The fourth-order valence-corrected chi connectivity index (χ4v) is 2.69. The number of anilines is 1. The van der Waals surface area contributed by atoms with Gasteiger partial charge in [0, 0.05) is 17.3 Å². The van der Waals surface area contributed by atoms with E-state index in [-0.39, 0.29) is 17.9 Å². The lowest BCUT2D eigenvalue weighted by Crippen LogP contribution is -2.43. The minimum atomic E-state index is -0.128. The van der Waals surface area contributed by atoms with Crippen molar-refractivity contribution in [1.29, 1.82) is 0 Å². The van der Waals surface area contributed by atoms with Gasteiger partial charge in [0.25, 0.3) is 5.91 Å². The summed E-state index contributed by atoms with van der Waals surface area (Å²) in [7, 11) is 0. The molecule has 1 saturated carbocycles. The molecule has 2 amide bonds. The van der Waals surface area contributed by atoms with E-state index in [1.54, 1.807) is 6.07 Å². The molecule has 5 nitrogen and oxygen atoms in total. The Morgan fingerprint density at radius 1 is 1.18 bits per heavy atom. The predicted molar refractivity (Wildman–Crippen MR) is 85.9 cm³/mol. The van der Waals surface area contributed by atoms with Gasteiger partial charge in [-0.1, -0.05) is 12.5 Å². The zero-order chi connectivity index (χ0) is 15.5. The van der Waals surface area contributed by atoms with Gasteiger partial charge >= 0.3 is 0 Å². The lowest BCUT2D eigenvalue weighted by molar-refractivity contribution is -0.118. The summed E-state index contributed by atoms with van der Waals surface area (Å²) in [6, 6.07) is 5.66. The quantitative estimate of drug-likeness (QED) is 0.796. The lowest BCUT2D eigenvalue weighted by atomic mass is 10.0. The Morgan fingerprint density at radius 2 is 2.00 bits per heavy atom. The van der Waals surface area contributed by atoms with Crippen LogP contribution in [-0.2, 0) is 4.79 Å². The van der Waals surface area contributed by atoms with Gasteiger partial charge in [0.1, 0.15) is 0 Å². The van der Waals surface area contributed by atoms with E-state index in [0.717, 1.165) is 49.9 Å². The number of piperidine rings is 1. The van der Waals surface area contributed by atoms with Gasteiger partial charge in [-0.15, -0.1) is 0 Å². The summed E-state index contributed by atoms with van der Waals surface area (Å²) in [6.07, 6.45) is 5.20. The molecule has 0 aromatic heterocycles. The molecule has 2 fully saturated rings. The SMILES string of the molecule is Cc1ccc(C(=O)NC2CC2)cc1NC(=O)C1CCCCN1. The van der Waals surface area contributed by atoms with Gasteiger partial charge in [-0.3, -0.25) is 9.59 Å². The Labute approximate surface area is 130 Å². The zero-order valence-corrected chi connectivity index (χ0v) is 12.9. The summed E-state index contributed by atoms with van der Waals surface area (Å²) in [6.45, 7) is 2.83. The smallest absolute Gasteiger partial charge is 0.251 e. The van der Waals surface area contributed by atoms with Crippen LogP contribution in [0.3, 0.4) is 0 Å². The molecule has 0 bridgehead atoms. The summed E-state index contributed by atoms with van der Waals surface area (Å²) in [4.78, 5) is 24.4. The zero-order valence-electron chi connectivity index (χ0n) is 12.9. The molecule has 1 aromatic rings. The molecule has 3 rings (SSSR count). The molecule has 1 aromatic carbocycles. The first-order valence-electron chi connectivity index (χ1n) is 8.09. The molecule has 0 spiro atoms. The van der Waals surface area contributed by atoms with Gasteiger partial charge in [0.2, 0.25) is 5.91 Å². The second-order valence-corrected chi connectivity index (χ2v) is 6.27. The van der Waals surface area contributed by atoms with E-state index in [1.807, 2.05) is 19.1 Å². The topological polar surface area (TPSA) is 70.2 Å². The number of carbonyl (C=O) groups is 2. The van der Waals surface area contributed by atoms with E-state index in [0.29, 0.717) is 11.6 Å². The van der Waals surface area contributed by atoms with Crippen LogP contribution in [0.2, 0.25) is 0 Å². The fourth-order valence-electron chi connectivity index (χ4n) is 2.69. The van der Waals surface area contributed by atoms with Crippen LogP contribution >= 0.6 is 0 Å². The average molecular weight is 301 g/mol. The Balaban J connectivity index is 1.68. The Hall–Kier alpha value is -1.88.